The van der Waals surface area contributed by atoms with E-state index in [0.717, 1.165) is 22.5 Å². The molecule has 9 heteroatoms. The smallest absolute Gasteiger partial charge is 0.410 e. The van der Waals surface area contributed by atoms with E-state index in [0.29, 0.717) is 51.4 Å². The Labute approximate surface area is 224 Å². The summed E-state index contributed by atoms with van der Waals surface area (Å²) in [6, 6.07) is 15.8. The molecule has 2 fully saturated rings. The molecular weight excluding hydrogens is 482 g/mol. The van der Waals surface area contributed by atoms with Crippen LogP contribution in [-0.4, -0.2) is 69.0 Å². The number of nitrogens with one attached hydrogen (secondary N) is 2. The maximum absolute atomic E-state index is 12.3. The summed E-state index contributed by atoms with van der Waals surface area (Å²) in [5.41, 5.74) is 3.75. The minimum Gasteiger partial charge on any atom is -0.444 e. The molecule has 9 nitrogen and oxygen atoms in total. The lowest BCUT2D eigenvalue weighted by molar-refractivity contribution is -0.254. The van der Waals surface area contributed by atoms with Crippen LogP contribution in [0.25, 0.3) is 0 Å². The molecule has 1 spiro atoms. The molecule has 0 bridgehead atoms. The van der Waals surface area contributed by atoms with Gasteiger partial charge in [0.05, 0.1) is 30.3 Å². The molecule has 0 aromatic heterocycles. The Bertz CT molecular complexity index is 1170. The maximum atomic E-state index is 12.3. The molecule has 4 rings (SSSR count). The highest BCUT2D eigenvalue weighted by Gasteiger charge is 2.49. The van der Waals surface area contributed by atoms with Crippen LogP contribution in [-0.2, 0) is 20.8 Å². The van der Waals surface area contributed by atoms with E-state index in [1.807, 2.05) is 64.2 Å². The van der Waals surface area contributed by atoms with Crippen molar-refractivity contribution < 1.29 is 19.0 Å². The predicted octanol–water partition coefficient (Wildman–Crippen LogP) is 4.60. The van der Waals surface area contributed by atoms with Crippen molar-refractivity contribution in [1.82, 2.24) is 4.90 Å². The fourth-order valence-electron chi connectivity index (χ4n) is 4.78. The van der Waals surface area contributed by atoms with Crippen LogP contribution >= 0.6 is 0 Å². The standard InChI is InChI=1S/C29H37N5O4/c1-28(2,3)38-27(35)34-17-29(18-34)19-36-26(37-20-29)11-12-33(24-8-5-21(14-30)6-9-24)16-22-7-10-25(32-4)23(13-22)15-31/h5-10,13,15,26,31-32H,11-12,16-20H2,1-4H3. The van der Waals surface area contributed by atoms with E-state index in [2.05, 4.69) is 22.4 Å². The largest absolute Gasteiger partial charge is 0.444 e. The minimum absolute atomic E-state index is 0.168. The second-order valence-electron chi connectivity index (χ2n) is 11.1. The van der Waals surface area contributed by atoms with Crippen molar-refractivity contribution >= 4 is 23.7 Å². The number of benzene rings is 2. The molecule has 0 aliphatic carbocycles. The van der Waals surface area contributed by atoms with Crippen molar-refractivity contribution in [3.05, 3.63) is 59.2 Å². The van der Waals surface area contributed by atoms with Gasteiger partial charge in [-0.3, -0.25) is 0 Å². The summed E-state index contributed by atoms with van der Waals surface area (Å²) in [5.74, 6) is 0. The van der Waals surface area contributed by atoms with E-state index >= 15 is 0 Å². The molecular formula is C29H37N5O4. The van der Waals surface area contributed by atoms with Crippen LogP contribution in [0.15, 0.2) is 42.5 Å². The topological polar surface area (TPSA) is 111 Å². The zero-order valence-electron chi connectivity index (χ0n) is 22.6. The highest BCUT2D eigenvalue weighted by molar-refractivity contribution is 5.86. The number of rotatable bonds is 8. The third kappa shape index (κ3) is 6.63. The summed E-state index contributed by atoms with van der Waals surface area (Å²) in [6.07, 6.45) is 1.39. The monoisotopic (exact) mass is 519 g/mol. The Morgan fingerprint density at radius 2 is 1.92 bits per heavy atom. The lowest BCUT2D eigenvalue weighted by Crippen LogP contribution is -2.65. The second-order valence-corrected chi connectivity index (χ2v) is 11.1. The van der Waals surface area contributed by atoms with E-state index in [9.17, 15) is 10.1 Å². The van der Waals surface area contributed by atoms with Crippen LogP contribution in [0.4, 0.5) is 16.2 Å². The van der Waals surface area contributed by atoms with E-state index < -0.39 is 5.60 Å². The molecule has 0 saturated carbocycles. The fraction of sp³-hybridized carbons (Fsp3) is 0.483. The molecule has 2 N–H and O–H groups in total. The number of carbonyl (C=O) groups is 1. The van der Waals surface area contributed by atoms with Gasteiger partial charge in [-0.05, 0) is 62.7 Å². The van der Waals surface area contributed by atoms with Crippen LogP contribution in [0, 0.1) is 22.2 Å². The van der Waals surface area contributed by atoms with E-state index in [4.69, 9.17) is 19.6 Å². The summed E-state index contributed by atoms with van der Waals surface area (Å²) in [7, 11) is 1.85. The zero-order valence-corrected chi connectivity index (χ0v) is 22.6. The van der Waals surface area contributed by atoms with Gasteiger partial charge in [0.1, 0.15) is 5.60 Å². The lowest BCUT2D eigenvalue weighted by atomic mass is 9.81. The van der Waals surface area contributed by atoms with Crippen molar-refractivity contribution in [3.8, 4) is 6.07 Å². The predicted molar refractivity (Wildman–Crippen MR) is 147 cm³/mol. The number of nitrogens with zero attached hydrogens (tertiary/aromatic N) is 3. The normalized spacial score (nSPS) is 16.9. The highest BCUT2D eigenvalue weighted by Crippen LogP contribution is 2.36. The number of nitriles is 1. The first-order valence-electron chi connectivity index (χ1n) is 12.9. The van der Waals surface area contributed by atoms with Crippen LogP contribution in [0.1, 0.15) is 43.9 Å². The Kier molecular flexibility index (Phi) is 8.24. The first kappa shape index (κ1) is 27.4. The number of carbonyl (C=O) groups excluding carboxylic acids is 1. The zero-order chi connectivity index (χ0) is 27.3. The molecule has 2 heterocycles. The number of ether oxygens (including phenoxy) is 3. The van der Waals surface area contributed by atoms with Gasteiger partial charge < -0.3 is 34.7 Å². The molecule has 38 heavy (non-hydrogen) atoms. The van der Waals surface area contributed by atoms with E-state index in [-0.39, 0.29) is 17.8 Å². The summed E-state index contributed by atoms with van der Waals surface area (Å²) < 4.78 is 17.7. The van der Waals surface area contributed by atoms with Gasteiger partial charge in [-0.2, -0.15) is 5.26 Å². The third-order valence-electron chi connectivity index (χ3n) is 6.77. The molecule has 2 aromatic carbocycles. The van der Waals surface area contributed by atoms with Gasteiger partial charge in [0.15, 0.2) is 6.29 Å². The molecule has 0 radical (unpaired) electrons. The number of amides is 1. The lowest BCUT2D eigenvalue weighted by Gasteiger charge is -2.52. The molecule has 0 unspecified atom stereocenters. The van der Waals surface area contributed by atoms with Crippen molar-refractivity contribution in [2.75, 3.05) is 50.1 Å². The van der Waals surface area contributed by atoms with Gasteiger partial charge >= 0.3 is 6.09 Å². The quantitative estimate of drug-likeness (QED) is 0.490. The van der Waals surface area contributed by atoms with Crippen LogP contribution in [0.2, 0.25) is 0 Å². The summed E-state index contributed by atoms with van der Waals surface area (Å²) in [4.78, 5) is 16.2. The summed E-state index contributed by atoms with van der Waals surface area (Å²) >= 11 is 0. The van der Waals surface area contributed by atoms with Gasteiger partial charge in [-0.1, -0.05) is 6.07 Å². The van der Waals surface area contributed by atoms with Crippen LogP contribution in [0.3, 0.4) is 0 Å². The van der Waals surface area contributed by atoms with Crippen molar-refractivity contribution in [2.24, 2.45) is 5.41 Å². The van der Waals surface area contributed by atoms with Crippen molar-refractivity contribution in [1.29, 1.82) is 10.7 Å². The first-order chi connectivity index (χ1) is 18.1. The first-order valence-corrected chi connectivity index (χ1v) is 12.9. The van der Waals surface area contributed by atoms with Crippen molar-refractivity contribution in [2.45, 2.75) is 45.6 Å². The summed E-state index contributed by atoms with van der Waals surface area (Å²) in [5, 5.41) is 20.1. The third-order valence-corrected chi connectivity index (χ3v) is 6.77. The van der Waals surface area contributed by atoms with Crippen LogP contribution in [0.5, 0.6) is 0 Å². The Morgan fingerprint density at radius 1 is 1.24 bits per heavy atom. The Balaban J connectivity index is 1.36. The maximum Gasteiger partial charge on any atom is 0.410 e. The average molecular weight is 520 g/mol. The Hall–Kier alpha value is -3.61. The number of anilines is 2. The molecule has 0 atom stereocenters. The van der Waals surface area contributed by atoms with Crippen molar-refractivity contribution in [3.63, 3.8) is 0 Å². The Morgan fingerprint density at radius 3 is 2.50 bits per heavy atom. The number of hydrogen-bond acceptors (Lipinski definition) is 8. The summed E-state index contributed by atoms with van der Waals surface area (Å²) in [6.45, 7) is 9.15. The van der Waals surface area contributed by atoms with Gasteiger partial charge in [-0.15, -0.1) is 0 Å². The van der Waals surface area contributed by atoms with Gasteiger partial charge in [0.2, 0.25) is 0 Å². The van der Waals surface area contributed by atoms with E-state index in [1.54, 1.807) is 4.90 Å². The number of likely N-dealkylation sites (tertiary alicyclic amines) is 1. The molecule has 2 aromatic rings. The molecule has 1 amide bonds. The molecule has 202 valence electrons. The number of hydrogen-bond donors (Lipinski definition) is 2. The van der Waals surface area contributed by atoms with Gasteiger partial charge in [-0.25, -0.2) is 4.79 Å². The van der Waals surface area contributed by atoms with E-state index in [1.165, 1.54) is 6.21 Å². The second kappa shape index (κ2) is 11.4. The SMILES string of the molecule is CNc1ccc(CN(CCC2OCC3(CO2)CN(C(=O)OC(C)(C)C)C3)c2ccc(C#N)cc2)cc1C=N. The van der Waals surface area contributed by atoms with Gasteiger partial charge in [0.25, 0.3) is 0 Å². The highest BCUT2D eigenvalue weighted by atomic mass is 16.7. The molecule has 2 aliphatic rings. The fourth-order valence-corrected chi connectivity index (χ4v) is 4.78. The average Bonchev–Trinajstić information content (AvgIpc) is 2.89. The van der Waals surface area contributed by atoms with Crippen LogP contribution < -0.4 is 10.2 Å². The van der Waals surface area contributed by atoms with Gasteiger partial charge in [0, 0.05) is 62.8 Å². The molecule has 2 saturated heterocycles. The molecule has 2 aliphatic heterocycles. The minimum atomic E-state index is -0.513.